The minimum Gasteiger partial charge on any atom is -0.412 e. The van der Waals surface area contributed by atoms with Gasteiger partial charge in [0, 0.05) is 34.1 Å². The summed E-state index contributed by atoms with van der Waals surface area (Å²) in [6.07, 6.45) is 0. The fourth-order valence-electron chi connectivity index (χ4n) is 0. The SMILES string of the molecule is O.O.[Mn].[Mn]. The zero-order valence-corrected chi connectivity index (χ0v) is 4.12. The Morgan fingerprint density at radius 1 is 0.500 bits per heavy atom. The minimum atomic E-state index is 0. The third-order valence-electron chi connectivity index (χ3n) is 0. The van der Waals surface area contributed by atoms with Crippen LogP contribution >= 0.6 is 0 Å². The molecule has 0 aromatic carbocycles. The predicted octanol–water partition coefficient (Wildman–Crippen LogP) is -1.65. The van der Waals surface area contributed by atoms with Gasteiger partial charge in [-0.3, -0.25) is 0 Å². The fraction of sp³-hybridized carbons (Fsp3) is 0. The molecular formula is H4Mn2O2. The molecule has 0 amide bonds. The number of rotatable bonds is 0. The molecule has 0 atom stereocenters. The van der Waals surface area contributed by atoms with E-state index >= 15 is 0 Å². The van der Waals surface area contributed by atoms with E-state index in [0.717, 1.165) is 0 Å². The normalized spacial score (nSPS) is 0. The van der Waals surface area contributed by atoms with E-state index in [4.69, 9.17) is 0 Å². The molecule has 0 heterocycles. The van der Waals surface area contributed by atoms with Gasteiger partial charge in [-0.2, -0.15) is 0 Å². The predicted molar refractivity (Wildman–Crippen MR) is 7.23 cm³/mol. The Morgan fingerprint density at radius 2 is 0.500 bits per heavy atom. The molecule has 0 aliphatic rings. The molecule has 0 saturated heterocycles. The second-order valence-electron chi connectivity index (χ2n) is 0. The largest absolute Gasteiger partial charge is 0.412 e. The minimum absolute atomic E-state index is 0. The van der Waals surface area contributed by atoms with Crippen molar-refractivity contribution >= 4 is 0 Å². The second-order valence-corrected chi connectivity index (χ2v) is 0. The van der Waals surface area contributed by atoms with Gasteiger partial charge in [-0.25, -0.2) is 0 Å². The van der Waals surface area contributed by atoms with Crippen LogP contribution in [0.15, 0.2) is 0 Å². The Hall–Kier alpha value is 0.959. The first kappa shape index (κ1) is 84.5. The maximum absolute atomic E-state index is 0. The van der Waals surface area contributed by atoms with Crippen molar-refractivity contribution < 1.29 is 45.1 Å². The fourth-order valence-corrected chi connectivity index (χ4v) is 0. The Kier molecular flexibility index (Phi) is 796. The summed E-state index contributed by atoms with van der Waals surface area (Å²) in [6.45, 7) is 0. The van der Waals surface area contributed by atoms with Crippen LogP contribution in [0.5, 0.6) is 0 Å². The van der Waals surface area contributed by atoms with Crippen molar-refractivity contribution in [2.24, 2.45) is 0 Å². The zero-order valence-electron chi connectivity index (χ0n) is 1.76. The molecular weight excluding hydrogens is 142 g/mol. The third kappa shape index (κ3) is 12.3. The van der Waals surface area contributed by atoms with Crippen LogP contribution in [0.3, 0.4) is 0 Å². The van der Waals surface area contributed by atoms with Gasteiger partial charge in [-0.1, -0.05) is 0 Å². The van der Waals surface area contributed by atoms with Gasteiger partial charge >= 0.3 is 0 Å². The molecule has 4 N–H and O–H groups in total. The van der Waals surface area contributed by atoms with E-state index < -0.39 is 0 Å². The molecule has 0 aliphatic heterocycles. The second kappa shape index (κ2) is 37.7. The Bertz CT molecular complexity index is 4.00. The van der Waals surface area contributed by atoms with Crippen LogP contribution in [0.1, 0.15) is 0 Å². The molecule has 30 valence electrons. The van der Waals surface area contributed by atoms with E-state index in [0.29, 0.717) is 0 Å². The van der Waals surface area contributed by atoms with Gasteiger partial charge < -0.3 is 11.0 Å². The van der Waals surface area contributed by atoms with E-state index in [1.807, 2.05) is 0 Å². The van der Waals surface area contributed by atoms with Gasteiger partial charge in [0.1, 0.15) is 0 Å². The Morgan fingerprint density at radius 3 is 0.500 bits per heavy atom. The zero-order chi connectivity index (χ0) is 0. The average Bonchev–Trinajstić information content (AvgIpc) is 0. The molecule has 2 nitrogen and oxygen atoms in total. The summed E-state index contributed by atoms with van der Waals surface area (Å²) in [5, 5.41) is 0. The van der Waals surface area contributed by atoms with Crippen molar-refractivity contribution in [3.8, 4) is 0 Å². The van der Waals surface area contributed by atoms with E-state index in [-0.39, 0.29) is 45.1 Å². The molecule has 4 heteroatoms. The van der Waals surface area contributed by atoms with Crippen molar-refractivity contribution in [1.82, 2.24) is 0 Å². The van der Waals surface area contributed by atoms with Crippen LogP contribution in [-0.4, -0.2) is 11.0 Å². The van der Waals surface area contributed by atoms with Crippen LogP contribution < -0.4 is 0 Å². The number of hydrogen-bond acceptors (Lipinski definition) is 0. The van der Waals surface area contributed by atoms with E-state index in [1.54, 1.807) is 0 Å². The molecule has 0 saturated carbocycles. The molecule has 2 radical (unpaired) electrons. The summed E-state index contributed by atoms with van der Waals surface area (Å²) in [6, 6.07) is 0. The first-order chi connectivity index (χ1) is 0. The van der Waals surface area contributed by atoms with Crippen LogP contribution in [0.2, 0.25) is 0 Å². The molecule has 0 fully saturated rings. The molecule has 0 bridgehead atoms. The number of hydrogen-bond donors (Lipinski definition) is 0. The standard InChI is InChI=1S/2Mn.2H2O/h;;2*1H2. The van der Waals surface area contributed by atoms with Crippen molar-refractivity contribution in [2.75, 3.05) is 0 Å². The summed E-state index contributed by atoms with van der Waals surface area (Å²) in [4.78, 5) is 0. The van der Waals surface area contributed by atoms with Gasteiger partial charge in [0.2, 0.25) is 0 Å². The first-order valence-corrected chi connectivity index (χ1v) is 0. The topological polar surface area (TPSA) is 63.0 Å². The van der Waals surface area contributed by atoms with E-state index in [2.05, 4.69) is 0 Å². The molecule has 0 aromatic heterocycles. The van der Waals surface area contributed by atoms with Gasteiger partial charge in [-0.15, -0.1) is 0 Å². The summed E-state index contributed by atoms with van der Waals surface area (Å²) < 4.78 is 0. The molecule has 0 aromatic rings. The van der Waals surface area contributed by atoms with Crippen LogP contribution in [0.4, 0.5) is 0 Å². The molecule has 0 spiro atoms. The van der Waals surface area contributed by atoms with Crippen molar-refractivity contribution in [3.63, 3.8) is 0 Å². The van der Waals surface area contributed by atoms with E-state index in [1.165, 1.54) is 0 Å². The monoisotopic (exact) mass is 146 g/mol. The third-order valence-corrected chi connectivity index (χ3v) is 0. The average molecular weight is 146 g/mol. The smallest absolute Gasteiger partial charge is 0 e. The maximum Gasteiger partial charge on any atom is 0 e. The maximum atomic E-state index is 0. The van der Waals surface area contributed by atoms with Gasteiger partial charge in [0.05, 0.1) is 0 Å². The van der Waals surface area contributed by atoms with Crippen molar-refractivity contribution in [2.45, 2.75) is 0 Å². The summed E-state index contributed by atoms with van der Waals surface area (Å²) in [7, 11) is 0. The van der Waals surface area contributed by atoms with E-state index in [9.17, 15) is 0 Å². The molecule has 0 aliphatic carbocycles. The summed E-state index contributed by atoms with van der Waals surface area (Å²) >= 11 is 0. The Labute approximate surface area is 45.5 Å². The first-order valence-electron chi connectivity index (χ1n) is 0. The quantitative estimate of drug-likeness (QED) is 0.367. The summed E-state index contributed by atoms with van der Waals surface area (Å²) in [5.41, 5.74) is 0. The molecule has 4 heavy (non-hydrogen) atoms. The summed E-state index contributed by atoms with van der Waals surface area (Å²) in [5.74, 6) is 0. The molecule has 0 rings (SSSR count). The van der Waals surface area contributed by atoms with Crippen molar-refractivity contribution in [3.05, 3.63) is 0 Å². The van der Waals surface area contributed by atoms with Crippen LogP contribution in [0.25, 0.3) is 0 Å². The van der Waals surface area contributed by atoms with Crippen molar-refractivity contribution in [1.29, 1.82) is 0 Å². The molecule has 0 unspecified atom stereocenters. The van der Waals surface area contributed by atoms with Gasteiger partial charge in [-0.05, 0) is 0 Å². The van der Waals surface area contributed by atoms with Crippen LogP contribution in [0, 0.1) is 0 Å². The van der Waals surface area contributed by atoms with Gasteiger partial charge in [0.15, 0.2) is 0 Å². The Balaban J connectivity index is 0. The van der Waals surface area contributed by atoms with Gasteiger partial charge in [0.25, 0.3) is 0 Å². The van der Waals surface area contributed by atoms with Crippen LogP contribution in [-0.2, 0) is 34.1 Å².